The highest BCUT2D eigenvalue weighted by atomic mass is 16.3. The zero-order chi connectivity index (χ0) is 11.0. The third kappa shape index (κ3) is 1.68. The molecule has 0 aromatic heterocycles. The van der Waals surface area contributed by atoms with E-state index in [1.165, 1.54) is 0 Å². The molecule has 15 heavy (non-hydrogen) atoms. The Bertz CT molecular complexity index is 413. The van der Waals surface area contributed by atoms with Gasteiger partial charge in [0, 0.05) is 12.2 Å². The summed E-state index contributed by atoms with van der Waals surface area (Å²) in [7, 11) is 0. The van der Waals surface area contributed by atoms with Crippen molar-refractivity contribution >= 4 is 11.6 Å². The molecule has 0 aliphatic carbocycles. The van der Waals surface area contributed by atoms with Gasteiger partial charge >= 0.3 is 0 Å². The van der Waals surface area contributed by atoms with Crippen LogP contribution in [0.2, 0.25) is 0 Å². The number of nitrogens with one attached hydrogen (secondary N) is 2. The van der Waals surface area contributed by atoms with Gasteiger partial charge in [0.1, 0.15) is 6.23 Å². The third-order valence-electron chi connectivity index (χ3n) is 2.56. The maximum absolute atomic E-state index is 11.6. The molecule has 0 radical (unpaired) electrons. The lowest BCUT2D eigenvalue weighted by Crippen LogP contribution is -2.18. The molecule has 1 aliphatic rings. The fourth-order valence-corrected chi connectivity index (χ4v) is 1.84. The highest BCUT2D eigenvalue weighted by Gasteiger charge is 2.24. The number of benzene rings is 1. The van der Waals surface area contributed by atoms with Crippen molar-refractivity contribution in [1.82, 2.24) is 5.32 Å². The first-order chi connectivity index (χ1) is 7.09. The quantitative estimate of drug-likeness (QED) is 0.632. The standard InChI is InChI=1S/C11H14N2O2/c1-6-3-4-9(13-7(2)14)10-8(6)5-12-11(10)15/h3-4,7,13-14H,5H2,1-2H3,(H,12,15). The Morgan fingerprint density at radius 1 is 1.53 bits per heavy atom. The highest BCUT2D eigenvalue weighted by Crippen LogP contribution is 2.27. The summed E-state index contributed by atoms with van der Waals surface area (Å²) in [6.07, 6.45) is -0.662. The van der Waals surface area contributed by atoms with Gasteiger partial charge in [0.25, 0.3) is 5.91 Å². The van der Waals surface area contributed by atoms with Crippen LogP contribution in [0.4, 0.5) is 5.69 Å². The zero-order valence-electron chi connectivity index (χ0n) is 8.79. The van der Waals surface area contributed by atoms with Crippen molar-refractivity contribution in [2.24, 2.45) is 0 Å². The van der Waals surface area contributed by atoms with Crippen molar-refractivity contribution in [2.75, 3.05) is 5.32 Å². The van der Waals surface area contributed by atoms with E-state index < -0.39 is 6.23 Å². The lowest BCUT2D eigenvalue weighted by atomic mass is 10.0. The average molecular weight is 206 g/mol. The number of carbonyl (C=O) groups is 1. The van der Waals surface area contributed by atoms with Crippen LogP contribution in [0, 0.1) is 6.92 Å². The van der Waals surface area contributed by atoms with Gasteiger partial charge in [0.2, 0.25) is 0 Å². The molecule has 1 unspecified atom stereocenters. The molecule has 0 saturated heterocycles. The summed E-state index contributed by atoms with van der Waals surface area (Å²) in [4.78, 5) is 11.6. The Morgan fingerprint density at radius 3 is 2.93 bits per heavy atom. The summed E-state index contributed by atoms with van der Waals surface area (Å²) in [5, 5.41) is 14.9. The predicted molar refractivity (Wildman–Crippen MR) is 57.7 cm³/mol. The Kier molecular flexibility index (Phi) is 2.36. The summed E-state index contributed by atoms with van der Waals surface area (Å²) in [5.74, 6) is -0.0724. The topological polar surface area (TPSA) is 61.4 Å². The molecule has 0 saturated carbocycles. The largest absolute Gasteiger partial charge is 0.374 e. The smallest absolute Gasteiger partial charge is 0.254 e. The van der Waals surface area contributed by atoms with Crippen molar-refractivity contribution in [1.29, 1.82) is 0 Å². The first-order valence-electron chi connectivity index (χ1n) is 4.95. The number of aryl methyl sites for hydroxylation is 1. The molecule has 0 fully saturated rings. The van der Waals surface area contributed by atoms with E-state index in [-0.39, 0.29) is 5.91 Å². The van der Waals surface area contributed by atoms with Gasteiger partial charge in [0.15, 0.2) is 0 Å². The number of hydrogen-bond donors (Lipinski definition) is 3. The first kappa shape index (κ1) is 9.98. The van der Waals surface area contributed by atoms with E-state index in [1.807, 2.05) is 19.1 Å². The highest BCUT2D eigenvalue weighted by molar-refractivity contribution is 6.03. The van der Waals surface area contributed by atoms with Crippen LogP contribution < -0.4 is 10.6 Å². The summed E-state index contributed by atoms with van der Waals surface area (Å²) in [6.45, 7) is 4.18. The SMILES string of the molecule is Cc1ccc(NC(C)O)c2c1CNC2=O. The van der Waals surface area contributed by atoms with Crippen molar-refractivity contribution < 1.29 is 9.90 Å². The van der Waals surface area contributed by atoms with E-state index in [2.05, 4.69) is 10.6 Å². The maximum atomic E-state index is 11.6. The zero-order valence-corrected chi connectivity index (χ0v) is 8.79. The molecule has 2 rings (SSSR count). The molecule has 4 heteroatoms. The first-order valence-corrected chi connectivity index (χ1v) is 4.95. The molecular weight excluding hydrogens is 192 g/mol. The van der Waals surface area contributed by atoms with Crippen molar-refractivity contribution in [3.8, 4) is 0 Å². The number of aliphatic hydroxyl groups excluding tert-OH is 1. The number of fused-ring (bicyclic) bond motifs is 1. The van der Waals surface area contributed by atoms with Gasteiger partial charge in [0.05, 0.1) is 5.56 Å². The second-order valence-corrected chi connectivity index (χ2v) is 3.79. The van der Waals surface area contributed by atoms with Crippen LogP contribution in [0.15, 0.2) is 12.1 Å². The van der Waals surface area contributed by atoms with E-state index in [4.69, 9.17) is 0 Å². The van der Waals surface area contributed by atoms with Gasteiger partial charge in [-0.1, -0.05) is 6.07 Å². The number of carbonyl (C=O) groups excluding carboxylic acids is 1. The predicted octanol–water partition coefficient (Wildman–Crippen LogP) is 0.989. The summed E-state index contributed by atoms with van der Waals surface area (Å²) >= 11 is 0. The van der Waals surface area contributed by atoms with Crippen molar-refractivity contribution in [3.05, 3.63) is 28.8 Å². The van der Waals surface area contributed by atoms with Crippen LogP contribution in [0.5, 0.6) is 0 Å². The normalized spacial score (nSPS) is 15.8. The second-order valence-electron chi connectivity index (χ2n) is 3.79. The minimum atomic E-state index is -0.662. The minimum Gasteiger partial charge on any atom is -0.374 e. The Balaban J connectivity index is 2.49. The molecule has 1 aliphatic heterocycles. The number of aliphatic hydroxyl groups is 1. The molecule has 1 aromatic rings. The van der Waals surface area contributed by atoms with E-state index in [1.54, 1.807) is 6.92 Å². The number of anilines is 1. The third-order valence-corrected chi connectivity index (χ3v) is 2.56. The Morgan fingerprint density at radius 2 is 2.27 bits per heavy atom. The van der Waals surface area contributed by atoms with E-state index in [0.29, 0.717) is 17.8 Å². The van der Waals surface area contributed by atoms with Crippen molar-refractivity contribution in [3.63, 3.8) is 0 Å². The van der Waals surface area contributed by atoms with E-state index in [9.17, 15) is 9.90 Å². The molecule has 4 nitrogen and oxygen atoms in total. The second kappa shape index (κ2) is 3.55. The van der Waals surface area contributed by atoms with E-state index in [0.717, 1.165) is 11.1 Å². The molecule has 1 aromatic carbocycles. The molecular formula is C11H14N2O2. The fraction of sp³-hybridized carbons (Fsp3) is 0.364. The molecule has 3 N–H and O–H groups in total. The average Bonchev–Trinajstić information content (AvgIpc) is 2.54. The molecule has 0 bridgehead atoms. The minimum absolute atomic E-state index is 0.0724. The van der Waals surface area contributed by atoms with Crippen LogP contribution in [-0.4, -0.2) is 17.2 Å². The van der Waals surface area contributed by atoms with Gasteiger partial charge < -0.3 is 15.7 Å². The van der Waals surface area contributed by atoms with Gasteiger partial charge in [-0.3, -0.25) is 4.79 Å². The maximum Gasteiger partial charge on any atom is 0.254 e. The molecule has 1 heterocycles. The summed E-state index contributed by atoms with van der Waals surface area (Å²) in [6, 6.07) is 3.77. The summed E-state index contributed by atoms with van der Waals surface area (Å²) < 4.78 is 0. The van der Waals surface area contributed by atoms with Crippen molar-refractivity contribution in [2.45, 2.75) is 26.6 Å². The Hall–Kier alpha value is -1.55. The van der Waals surface area contributed by atoms with Gasteiger partial charge in [-0.2, -0.15) is 0 Å². The molecule has 1 atom stereocenters. The lowest BCUT2D eigenvalue weighted by Gasteiger charge is -2.13. The number of hydrogen-bond acceptors (Lipinski definition) is 3. The molecule has 80 valence electrons. The van der Waals surface area contributed by atoms with Crippen LogP contribution in [0.1, 0.15) is 28.4 Å². The number of amides is 1. The summed E-state index contributed by atoms with van der Waals surface area (Å²) in [5.41, 5.74) is 3.47. The molecule has 1 amide bonds. The number of rotatable bonds is 2. The lowest BCUT2D eigenvalue weighted by molar-refractivity contribution is 0.0966. The van der Waals surface area contributed by atoms with E-state index >= 15 is 0 Å². The Labute approximate surface area is 88.3 Å². The van der Waals surface area contributed by atoms with Crippen LogP contribution in [-0.2, 0) is 6.54 Å². The molecule has 0 spiro atoms. The van der Waals surface area contributed by atoms with Gasteiger partial charge in [-0.25, -0.2) is 0 Å². The fourth-order valence-electron chi connectivity index (χ4n) is 1.84. The van der Waals surface area contributed by atoms with Crippen LogP contribution in [0.3, 0.4) is 0 Å². The monoisotopic (exact) mass is 206 g/mol. The van der Waals surface area contributed by atoms with Crippen LogP contribution >= 0.6 is 0 Å². The van der Waals surface area contributed by atoms with Gasteiger partial charge in [-0.15, -0.1) is 0 Å². The van der Waals surface area contributed by atoms with Crippen LogP contribution in [0.25, 0.3) is 0 Å². The van der Waals surface area contributed by atoms with Gasteiger partial charge in [-0.05, 0) is 31.0 Å².